The second-order valence-electron chi connectivity index (χ2n) is 6.55. The van der Waals surface area contributed by atoms with E-state index >= 15 is 0 Å². The predicted octanol–water partition coefficient (Wildman–Crippen LogP) is 3.25. The first kappa shape index (κ1) is 24.6. The predicted molar refractivity (Wildman–Crippen MR) is 98.4 cm³/mol. The molecule has 0 amide bonds. The molecule has 0 atom stereocenters. The molecule has 0 rings (SSSR count). The molecule has 0 aliphatic heterocycles. The molecule has 0 radical (unpaired) electrons. The minimum Gasteiger partial charge on any atom is -0.101 e. The third kappa shape index (κ3) is 43.2. The maximum absolute atomic E-state index is 2.28. The molecule has 18 heavy (non-hydrogen) atoms. The van der Waals surface area contributed by atoms with Crippen LogP contribution in [0.2, 0.25) is 15.8 Å². The summed E-state index contributed by atoms with van der Waals surface area (Å²) < 4.78 is 0. The second-order valence-corrected chi connectivity index (χ2v) is 9.55. The third-order valence-corrected chi connectivity index (χ3v) is 4.33. The lowest BCUT2D eigenvalue weighted by molar-refractivity contribution is 0.625. The Kier molecular flexibility index (Phi) is 28.6. The summed E-state index contributed by atoms with van der Waals surface area (Å²) in [6, 6.07) is 0. The van der Waals surface area contributed by atoms with E-state index < -0.39 is 0 Å². The van der Waals surface area contributed by atoms with Gasteiger partial charge in [0.15, 0.2) is 0 Å². The Labute approximate surface area is 142 Å². The van der Waals surface area contributed by atoms with Gasteiger partial charge in [-0.1, -0.05) is 60.8 Å². The average Bonchev–Trinajstić information content (AvgIpc) is 2.18. The van der Waals surface area contributed by atoms with Gasteiger partial charge in [-0.25, -0.2) is 0 Å². The lowest BCUT2D eigenvalue weighted by atomic mass is 10.2. The molecule has 0 spiro atoms. The fraction of sp³-hybridized carbons (Fsp3) is 1.00. The van der Waals surface area contributed by atoms with Crippen molar-refractivity contribution < 1.29 is 0 Å². The van der Waals surface area contributed by atoms with Crippen LogP contribution in [0.3, 0.4) is 0 Å². The van der Waals surface area contributed by atoms with Crippen molar-refractivity contribution in [1.82, 2.24) is 0 Å². The molecule has 0 N–H and O–H groups in total. The Hall–Kier alpha value is 1.60. The van der Waals surface area contributed by atoms with Crippen LogP contribution in [-0.4, -0.2) is 48.9 Å². The summed E-state index contributed by atoms with van der Waals surface area (Å²) in [7, 11) is 0. The molecule has 0 aliphatic carbocycles. The van der Waals surface area contributed by atoms with Gasteiger partial charge in [0, 0.05) is 0 Å². The Morgan fingerprint density at radius 3 is 0.667 bits per heavy atom. The van der Waals surface area contributed by atoms with Crippen LogP contribution >= 0.6 is 0 Å². The third-order valence-electron chi connectivity index (χ3n) is 2.60. The van der Waals surface area contributed by atoms with Gasteiger partial charge >= 0.3 is 0 Å². The SMILES string of the molecule is CC(C)C[CH2][AlH2].CC(C)C[CH2][AlH2].CC(C)C[CH2][AlH2]. The van der Waals surface area contributed by atoms with Crippen LogP contribution < -0.4 is 0 Å². The molecule has 0 unspecified atom stereocenters. The Morgan fingerprint density at radius 1 is 0.500 bits per heavy atom. The minimum absolute atomic E-state index is 0.933. The van der Waals surface area contributed by atoms with Gasteiger partial charge in [0.2, 0.25) is 48.9 Å². The lowest BCUT2D eigenvalue weighted by Gasteiger charge is -1.95. The zero-order valence-corrected chi connectivity index (χ0v) is 21.0. The molecular formula is C15H39Al3. The molecule has 0 heterocycles. The molecule has 0 nitrogen and oxygen atoms in total. The van der Waals surface area contributed by atoms with Crippen molar-refractivity contribution in [2.24, 2.45) is 17.8 Å². The molecule has 3 heteroatoms. The molecule has 0 bridgehead atoms. The van der Waals surface area contributed by atoms with E-state index in [4.69, 9.17) is 0 Å². The van der Waals surface area contributed by atoms with Crippen molar-refractivity contribution in [2.45, 2.75) is 76.7 Å². The summed E-state index contributed by atoms with van der Waals surface area (Å²) >= 11 is 4.16. The maximum Gasteiger partial charge on any atom is 0.211 e. The highest BCUT2D eigenvalue weighted by atomic mass is 27.1. The summed E-state index contributed by atoms with van der Waals surface area (Å²) in [5, 5.41) is 4.41. The number of rotatable bonds is 6. The maximum atomic E-state index is 2.28. The zero-order chi connectivity index (χ0) is 15.0. The first-order valence-corrected chi connectivity index (χ1v) is 12.6. The van der Waals surface area contributed by atoms with Crippen LogP contribution in [0.5, 0.6) is 0 Å². The monoisotopic (exact) mass is 300 g/mol. The van der Waals surface area contributed by atoms with Crippen LogP contribution in [0.25, 0.3) is 0 Å². The number of hydrogen-bond acceptors (Lipinski definition) is 0. The fourth-order valence-electron chi connectivity index (χ4n) is 1.73. The number of hydrogen-bond donors (Lipinski definition) is 0. The van der Waals surface area contributed by atoms with Crippen molar-refractivity contribution in [3.8, 4) is 0 Å². The largest absolute Gasteiger partial charge is 0.211 e. The Bertz CT molecular complexity index is 99.1. The molecule has 0 aromatic rings. The Morgan fingerprint density at radius 2 is 0.667 bits per heavy atom. The van der Waals surface area contributed by atoms with Crippen molar-refractivity contribution in [3.63, 3.8) is 0 Å². The molecule has 0 saturated heterocycles. The van der Waals surface area contributed by atoms with Crippen LogP contribution in [0.15, 0.2) is 0 Å². The van der Waals surface area contributed by atoms with Crippen molar-refractivity contribution in [3.05, 3.63) is 0 Å². The van der Waals surface area contributed by atoms with Gasteiger partial charge in [0.1, 0.15) is 0 Å². The fourth-order valence-corrected chi connectivity index (χ4v) is 5.20. The van der Waals surface area contributed by atoms with Gasteiger partial charge in [-0.15, -0.1) is 15.8 Å². The van der Waals surface area contributed by atoms with Crippen molar-refractivity contribution in [1.29, 1.82) is 0 Å². The molecule has 0 aliphatic rings. The molecule has 0 fully saturated rings. The van der Waals surface area contributed by atoms with Crippen molar-refractivity contribution in [2.75, 3.05) is 0 Å². The van der Waals surface area contributed by atoms with Gasteiger partial charge in [0.25, 0.3) is 0 Å². The van der Waals surface area contributed by atoms with Crippen molar-refractivity contribution >= 4 is 48.9 Å². The highest BCUT2D eigenvalue weighted by Crippen LogP contribution is 2.00. The summed E-state index contributed by atoms with van der Waals surface area (Å²) in [6.45, 7) is 13.7. The molecular weight excluding hydrogens is 261 g/mol. The second kappa shape index (κ2) is 20.9. The smallest absolute Gasteiger partial charge is 0.101 e. The first-order chi connectivity index (χ1) is 8.31. The highest BCUT2D eigenvalue weighted by molar-refractivity contribution is 6.08. The quantitative estimate of drug-likeness (QED) is 0.661. The molecule has 0 saturated carbocycles. The van der Waals surface area contributed by atoms with E-state index in [1.165, 1.54) is 84.0 Å². The molecule has 108 valence electrons. The van der Waals surface area contributed by atoms with Gasteiger partial charge in [0.05, 0.1) is 0 Å². The van der Waals surface area contributed by atoms with E-state index in [1.54, 1.807) is 0 Å². The van der Waals surface area contributed by atoms with E-state index in [9.17, 15) is 0 Å². The summed E-state index contributed by atoms with van der Waals surface area (Å²) in [5.74, 6) is 2.80. The van der Waals surface area contributed by atoms with E-state index in [1.807, 2.05) is 0 Å². The van der Waals surface area contributed by atoms with E-state index in [-0.39, 0.29) is 0 Å². The van der Waals surface area contributed by atoms with Gasteiger partial charge in [-0.05, 0) is 17.8 Å². The van der Waals surface area contributed by atoms with Gasteiger partial charge < -0.3 is 0 Å². The normalized spacial score (nSPS) is 9.83. The summed E-state index contributed by atoms with van der Waals surface area (Å²) in [4.78, 5) is 0. The zero-order valence-electron chi connectivity index (χ0n) is 15.0. The van der Waals surface area contributed by atoms with Crippen LogP contribution in [0, 0.1) is 17.8 Å². The standard InChI is InChI=1S/3C5H11.3Al.6H/c3*1-4-5(2)3;;;;;;;;;/h3*5H,1,4H2,2-3H3;;;;;;;;;. The topological polar surface area (TPSA) is 0 Å². The van der Waals surface area contributed by atoms with Crippen LogP contribution in [0.4, 0.5) is 0 Å². The molecule has 0 aromatic heterocycles. The van der Waals surface area contributed by atoms with Crippen LogP contribution in [0.1, 0.15) is 60.8 Å². The minimum atomic E-state index is 0.933. The first-order valence-electron chi connectivity index (χ1n) is 8.31. The van der Waals surface area contributed by atoms with E-state index in [2.05, 4.69) is 41.5 Å². The van der Waals surface area contributed by atoms with Crippen LogP contribution in [-0.2, 0) is 0 Å². The van der Waals surface area contributed by atoms with E-state index in [0.717, 1.165) is 17.8 Å². The lowest BCUT2D eigenvalue weighted by Crippen LogP contribution is -1.83. The van der Waals surface area contributed by atoms with E-state index in [0.29, 0.717) is 0 Å². The summed E-state index contributed by atoms with van der Waals surface area (Å²) in [6.07, 6.45) is 4.31. The molecule has 0 aromatic carbocycles. The van der Waals surface area contributed by atoms with Gasteiger partial charge in [-0.2, -0.15) is 0 Å². The van der Waals surface area contributed by atoms with Gasteiger partial charge in [-0.3, -0.25) is 0 Å². The average molecular weight is 300 g/mol. The Balaban J connectivity index is -0.000000187. The highest BCUT2D eigenvalue weighted by Gasteiger charge is 1.86. The summed E-state index contributed by atoms with van der Waals surface area (Å²) in [5.41, 5.74) is 0.